The summed E-state index contributed by atoms with van der Waals surface area (Å²) in [6, 6.07) is 9.67. The number of benzene rings is 1. The molecule has 0 atom stereocenters. The van der Waals surface area contributed by atoms with E-state index in [9.17, 15) is 0 Å². The highest BCUT2D eigenvalue weighted by molar-refractivity contribution is 5.54. The third-order valence-corrected chi connectivity index (χ3v) is 2.67. The Labute approximate surface area is 101 Å². The maximum Gasteiger partial charge on any atom is 0.130 e. The van der Waals surface area contributed by atoms with E-state index >= 15 is 0 Å². The second kappa shape index (κ2) is 4.87. The molecule has 3 nitrogen and oxygen atoms in total. The third kappa shape index (κ3) is 2.75. The molecule has 0 aliphatic rings. The molecule has 2 N–H and O–H groups in total. The molecule has 0 aliphatic carbocycles. The summed E-state index contributed by atoms with van der Waals surface area (Å²) in [5.41, 5.74) is 9.69. The van der Waals surface area contributed by atoms with Crippen molar-refractivity contribution in [3.63, 3.8) is 0 Å². The minimum atomic E-state index is 0.462. The molecule has 0 bridgehead atoms. The number of rotatable bonds is 3. The molecule has 0 unspecified atom stereocenters. The van der Waals surface area contributed by atoms with Gasteiger partial charge in [0.25, 0.3) is 0 Å². The van der Waals surface area contributed by atoms with Gasteiger partial charge in [-0.25, -0.2) is 0 Å². The molecule has 0 radical (unpaired) electrons. The Bertz CT molecular complexity index is 509. The van der Waals surface area contributed by atoms with E-state index in [0.717, 1.165) is 28.3 Å². The van der Waals surface area contributed by atoms with Crippen molar-refractivity contribution in [2.45, 2.75) is 20.5 Å². The van der Waals surface area contributed by atoms with Gasteiger partial charge >= 0.3 is 0 Å². The Morgan fingerprint density at radius 1 is 1.18 bits per heavy atom. The smallest absolute Gasteiger partial charge is 0.130 e. The van der Waals surface area contributed by atoms with Gasteiger partial charge in [-0.05, 0) is 37.1 Å². The summed E-state index contributed by atoms with van der Waals surface area (Å²) in [5.74, 6) is 0.818. The van der Waals surface area contributed by atoms with E-state index in [1.54, 1.807) is 6.20 Å². The number of anilines is 1. The molecule has 0 saturated heterocycles. The highest BCUT2D eigenvalue weighted by Crippen LogP contribution is 2.24. The van der Waals surface area contributed by atoms with Crippen LogP contribution >= 0.6 is 0 Å². The fraction of sp³-hybridized carbons (Fsp3) is 0.214. The van der Waals surface area contributed by atoms with Crippen LogP contribution in [0.2, 0.25) is 0 Å². The van der Waals surface area contributed by atoms with Gasteiger partial charge in [-0.3, -0.25) is 4.98 Å². The van der Waals surface area contributed by atoms with Crippen molar-refractivity contribution in [1.82, 2.24) is 4.98 Å². The first kappa shape index (κ1) is 11.5. The number of nitrogens with zero attached hydrogens (tertiary/aromatic N) is 1. The lowest BCUT2D eigenvalue weighted by atomic mass is 10.1. The molecule has 1 aromatic heterocycles. The zero-order chi connectivity index (χ0) is 12.3. The minimum Gasteiger partial charge on any atom is -0.487 e. The highest BCUT2D eigenvalue weighted by atomic mass is 16.5. The fourth-order valence-corrected chi connectivity index (χ4v) is 1.64. The van der Waals surface area contributed by atoms with Crippen LogP contribution in [0.3, 0.4) is 0 Å². The summed E-state index contributed by atoms with van der Waals surface area (Å²) in [6.07, 6.45) is 1.76. The molecule has 0 saturated carbocycles. The van der Waals surface area contributed by atoms with Crippen molar-refractivity contribution in [2.75, 3.05) is 5.73 Å². The number of hydrogen-bond donors (Lipinski definition) is 1. The Balaban J connectivity index is 2.12. The first-order valence-corrected chi connectivity index (χ1v) is 5.56. The molecule has 0 spiro atoms. The van der Waals surface area contributed by atoms with Crippen molar-refractivity contribution in [3.8, 4) is 5.75 Å². The Morgan fingerprint density at radius 3 is 2.71 bits per heavy atom. The maximum absolute atomic E-state index is 5.86. The SMILES string of the molecule is Cc1cc(C)c(OCc2ccccn2)cc1N. The molecule has 0 fully saturated rings. The molecule has 88 valence electrons. The Morgan fingerprint density at radius 2 is 2.00 bits per heavy atom. The van der Waals surface area contributed by atoms with Crippen LogP contribution in [0.5, 0.6) is 5.75 Å². The van der Waals surface area contributed by atoms with Crippen LogP contribution in [-0.2, 0) is 6.61 Å². The zero-order valence-electron chi connectivity index (χ0n) is 10.1. The van der Waals surface area contributed by atoms with Crippen LogP contribution in [0.4, 0.5) is 5.69 Å². The lowest BCUT2D eigenvalue weighted by Crippen LogP contribution is -2.00. The minimum absolute atomic E-state index is 0.462. The van der Waals surface area contributed by atoms with Gasteiger partial charge in [0.2, 0.25) is 0 Å². The molecule has 2 aromatic rings. The van der Waals surface area contributed by atoms with E-state index in [1.807, 2.05) is 44.2 Å². The van der Waals surface area contributed by atoms with Crippen molar-refractivity contribution in [1.29, 1.82) is 0 Å². The summed E-state index contributed by atoms with van der Waals surface area (Å²) < 4.78 is 5.72. The van der Waals surface area contributed by atoms with Gasteiger partial charge in [0.1, 0.15) is 12.4 Å². The van der Waals surface area contributed by atoms with Crippen molar-refractivity contribution < 1.29 is 4.74 Å². The van der Waals surface area contributed by atoms with E-state index < -0.39 is 0 Å². The van der Waals surface area contributed by atoms with Gasteiger partial charge in [0, 0.05) is 18.0 Å². The van der Waals surface area contributed by atoms with Gasteiger partial charge in [-0.1, -0.05) is 12.1 Å². The predicted molar refractivity (Wildman–Crippen MR) is 68.9 cm³/mol. The van der Waals surface area contributed by atoms with Crippen LogP contribution in [0.25, 0.3) is 0 Å². The van der Waals surface area contributed by atoms with Crippen LogP contribution in [0.1, 0.15) is 16.8 Å². The lowest BCUT2D eigenvalue weighted by Gasteiger charge is -2.11. The molecule has 0 amide bonds. The summed E-state index contributed by atoms with van der Waals surface area (Å²) in [7, 11) is 0. The van der Waals surface area contributed by atoms with Gasteiger partial charge in [-0.2, -0.15) is 0 Å². The van der Waals surface area contributed by atoms with Gasteiger partial charge in [0.15, 0.2) is 0 Å². The summed E-state index contributed by atoms with van der Waals surface area (Å²) in [6.45, 7) is 4.47. The normalized spacial score (nSPS) is 10.2. The highest BCUT2D eigenvalue weighted by Gasteiger charge is 2.04. The van der Waals surface area contributed by atoms with Crippen LogP contribution in [0.15, 0.2) is 36.5 Å². The molecular weight excluding hydrogens is 212 g/mol. The summed E-state index contributed by atoms with van der Waals surface area (Å²) in [5, 5.41) is 0. The summed E-state index contributed by atoms with van der Waals surface area (Å²) in [4.78, 5) is 4.21. The second-order valence-corrected chi connectivity index (χ2v) is 4.08. The second-order valence-electron chi connectivity index (χ2n) is 4.08. The van der Waals surface area contributed by atoms with Crippen molar-refractivity contribution >= 4 is 5.69 Å². The van der Waals surface area contributed by atoms with Crippen molar-refractivity contribution in [3.05, 3.63) is 53.3 Å². The number of aromatic nitrogens is 1. The van der Waals surface area contributed by atoms with Crippen LogP contribution in [0, 0.1) is 13.8 Å². The number of hydrogen-bond acceptors (Lipinski definition) is 3. The molecule has 3 heteroatoms. The monoisotopic (exact) mass is 228 g/mol. The van der Waals surface area contributed by atoms with Gasteiger partial charge in [-0.15, -0.1) is 0 Å². The summed E-state index contributed by atoms with van der Waals surface area (Å²) >= 11 is 0. The Kier molecular flexibility index (Phi) is 3.28. The van der Waals surface area contributed by atoms with Gasteiger partial charge in [0.05, 0.1) is 5.69 Å². The topological polar surface area (TPSA) is 48.1 Å². The lowest BCUT2D eigenvalue weighted by molar-refractivity contribution is 0.299. The standard InChI is InChI=1S/C14H16N2O/c1-10-7-11(2)14(8-13(10)15)17-9-12-5-3-4-6-16-12/h3-8H,9,15H2,1-2H3. The van der Waals surface area contributed by atoms with E-state index in [1.165, 1.54) is 0 Å². The van der Waals surface area contributed by atoms with Crippen LogP contribution in [-0.4, -0.2) is 4.98 Å². The average molecular weight is 228 g/mol. The quantitative estimate of drug-likeness (QED) is 0.822. The first-order valence-electron chi connectivity index (χ1n) is 5.56. The molecule has 1 heterocycles. The number of nitrogen functional groups attached to an aromatic ring is 1. The van der Waals surface area contributed by atoms with E-state index in [-0.39, 0.29) is 0 Å². The Hall–Kier alpha value is -2.03. The molecule has 1 aromatic carbocycles. The molecule has 0 aliphatic heterocycles. The first-order chi connectivity index (χ1) is 8.16. The van der Waals surface area contributed by atoms with E-state index in [0.29, 0.717) is 6.61 Å². The maximum atomic E-state index is 5.86. The van der Waals surface area contributed by atoms with Crippen LogP contribution < -0.4 is 10.5 Å². The number of pyridine rings is 1. The number of aryl methyl sites for hydroxylation is 2. The third-order valence-electron chi connectivity index (χ3n) is 2.67. The fourth-order valence-electron chi connectivity index (χ4n) is 1.64. The predicted octanol–water partition coefficient (Wildman–Crippen LogP) is 2.86. The van der Waals surface area contributed by atoms with Crippen molar-refractivity contribution in [2.24, 2.45) is 0 Å². The molecule has 2 rings (SSSR count). The number of nitrogens with two attached hydrogens (primary N) is 1. The largest absolute Gasteiger partial charge is 0.487 e. The zero-order valence-corrected chi connectivity index (χ0v) is 10.1. The molecule has 17 heavy (non-hydrogen) atoms. The average Bonchev–Trinajstić information content (AvgIpc) is 2.33. The van der Waals surface area contributed by atoms with E-state index in [4.69, 9.17) is 10.5 Å². The molecular formula is C14H16N2O. The number of ether oxygens (including phenoxy) is 1. The van der Waals surface area contributed by atoms with Gasteiger partial charge < -0.3 is 10.5 Å². The van der Waals surface area contributed by atoms with E-state index in [2.05, 4.69) is 4.98 Å².